The van der Waals surface area contributed by atoms with Crippen molar-refractivity contribution in [2.45, 2.75) is 178 Å². The Morgan fingerprint density at radius 2 is 1.00 bits per heavy atom. The fraction of sp³-hybridized carbons (Fsp3) is 0.714. The lowest BCUT2D eigenvalue weighted by molar-refractivity contribution is 0.110. The minimum Gasteiger partial charge on any atom is -0.493 e. The highest BCUT2D eigenvalue weighted by molar-refractivity contribution is 7.63. The van der Waals surface area contributed by atoms with Crippen molar-refractivity contribution in [1.29, 1.82) is 0 Å². The number of hydrogen-bond acceptors (Lipinski definition) is 7. The average molecular weight is 751 g/mol. The van der Waals surface area contributed by atoms with Crippen LogP contribution >= 0.6 is 15.2 Å². The van der Waals surface area contributed by atoms with Crippen molar-refractivity contribution in [2.24, 2.45) is 11.8 Å². The van der Waals surface area contributed by atoms with Gasteiger partial charge in [-0.2, -0.15) is 0 Å². The van der Waals surface area contributed by atoms with Crippen LogP contribution in [0, 0.1) is 11.8 Å². The molecule has 0 aliphatic carbocycles. The summed E-state index contributed by atoms with van der Waals surface area (Å²) in [6.07, 6.45) is 9.15. The van der Waals surface area contributed by atoms with Gasteiger partial charge in [-0.05, 0) is 98.9 Å². The molecule has 0 aliphatic heterocycles. The smallest absolute Gasteiger partial charge is 0.365 e. The summed E-state index contributed by atoms with van der Waals surface area (Å²) in [7, 11) is -7.70. The Bertz CT molecular complexity index is 1310. The maximum Gasteiger partial charge on any atom is 0.365 e. The Balaban J connectivity index is 2.77. The minimum atomic E-state index is -3.90. The van der Waals surface area contributed by atoms with E-state index in [1.165, 1.54) is 12.8 Å². The van der Waals surface area contributed by atoms with E-state index in [0.29, 0.717) is 91.7 Å². The lowest BCUT2D eigenvalue weighted by atomic mass is 9.98. The van der Waals surface area contributed by atoms with Crippen LogP contribution in [-0.4, -0.2) is 31.0 Å². The minimum absolute atomic E-state index is 0.223. The quantitative estimate of drug-likeness (QED) is 0.0841. The SMILES string of the molecule is CCC(CC)OP(=O)(OC(CC)CC)c1cc(-c2ccccc2P(=O)(OC(CC)CC)OC(CC)CC)ccc1OCCC(C)CCCC(C)C. The molecule has 0 amide bonds. The Labute approximate surface area is 312 Å². The summed E-state index contributed by atoms with van der Waals surface area (Å²) in [6.45, 7) is 23.6. The van der Waals surface area contributed by atoms with Crippen LogP contribution < -0.4 is 15.3 Å². The fourth-order valence-electron chi connectivity index (χ4n) is 6.18. The molecule has 292 valence electrons. The predicted octanol–water partition coefficient (Wildman–Crippen LogP) is 13.0. The highest BCUT2D eigenvalue weighted by atomic mass is 31.2. The molecule has 0 spiro atoms. The van der Waals surface area contributed by atoms with Gasteiger partial charge in [-0.3, -0.25) is 9.13 Å². The van der Waals surface area contributed by atoms with E-state index in [0.717, 1.165) is 18.4 Å². The van der Waals surface area contributed by atoms with Crippen molar-refractivity contribution in [3.63, 3.8) is 0 Å². The molecule has 0 aliphatic rings. The monoisotopic (exact) mass is 750 g/mol. The summed E-state index contributed by atoms with van der Waals surface area (Å²) >= 11 is 0. The maximum atomic E-state index is 15.3. The molecule has 2 rings (SSSR count). The largest absolute Gasteiger partial charge is 0.493 e. The first kappa shape index (κ1) is 45.7. The van der Waals surface area contributed by atoms with Gasteiger partial charge in [0, 0.05) is 0 Å². The number of benzene rings is 2. The zero-order chi connectivity index (χ0) is 38.0. The van der Waals surface area contributed by atoms with Gasteiger partial charge in [-0.15, -0.1) is 0 Å². The molecule has 0 radical (unpaired) electrons. The third-order valence-corrected chi connectivity index (χ3v) is 14.1. The Morgan fingerprint density at radius 1 is 0.549 bits per heavy atom. The number of hydrogen-bond donors (Lipinski definition) is 0. The van der Waals surface area contributed by atoms with E-state index in [4.69, 9.17) is 22.8 Å². The first-order valence-corrected chi connectivity index (χ1v) is 23.3. The number of ether oxygens (including phenoxy) is 1. The average Bonchev–Trinajstić information content (AvgIpc) is 3.14. The third-order valence-electron chi connectivity index (χ3n) is 9.90. The van der Waals surface area contributed by atoms with E-state index < -0.39 is 15.2 Å². The van der Waals surface area contributed by atoms with E-state index in [2.05, 4.69) is 20.8 Å². The second kappa shape index (κ2) is 23.4. The van der Waals surface area contributed by atoms with Crippen LogP contribution in [0.3, 0.4) is 0 Å². The second-order valence-electron chi connectivity index (χ2n) is 14.4. The summed E-state index contributed by atoms with van der Waals surface area (Å²) in [5.74, 6) is 1.70. The van der Waals surface area contributed by atoms with Gasteiger partial charge < -0.3 is 22.8 Å². The van der Waals surface area contributed by atoms with Gasteiger partial charge in [0.05, 0.1) is 36.3 Å². The lowest BCUT2D eigenvalue weighted by Gasteiger charge is -2.29. The van der Waals surface area contributed by atoms with Gasteiger partial charge in [0.2, 0.25) is 0 Å². The van der Waals surface area contributed by atoms with Crippen molar-refractivity contribution in [3.05, 3.63) is 42.5 Å². The van der Waals surface area contributed by atoms with Gasteiger partial charge in [-0.25, -0.2) is 0 Å². The lowest BCUT2D eigenvalue weighted by Crippen LogP contribution is -2.24. The molecule has 0 aromatic heterocycles. The third kappa shape index (κ3) is 14.0. The van der Waals surface area contributed by atoms with Gasteiger partial charge in [0.1, 0.15) is 11.1 Å². The molecular weight excluding hydrogens is 678 g/mol. The van der Waals surface area contributed by atoms with Crippen LogP contribution in [0.2, 0.25) is 0 Å². The highest BCUT2D eigenvalue weighted by Crippen LogP contribution is 2.55. The first-order valence-electron chi connectivity index (χ1n) is 20.2. The topological polar surface area (TPSA) is 80.3 Å². The highest BCUT2D eigenvalue weighted by Gasteiger charge is 2.38. The molecule has 0 fully saturated rings. The van der Waals surface area contributed by atoms with Crippen LogP contribution in [-0.2, 0) is 27.2 Å². The Kier molecular flexibility index (Phi) is 20.9. The Hall–Kier alpha value is -1.46. The zero-order valence-electron chi connectivity index (χ0n) is 34.0. The molecule has 7 nitrogen and oxygen atoms in total. The van der Waals surface area contributed by atoms with Crippen molar-refractivity contribution >= 4 is 25.8 Å². The first-order chi connectivity index (χ1) is 24.4. The van der Waals surface area contributed by atoms with Gasteiger partial charge in [-0.1, -0.05) is 120 Å². The van der Waals surface area contributed by atoms with Gasteiger partial charge >= 0.3 is 15.2 Å². The summed E-state index contributed by atoms with van der Waals surface area (Å²) in [4.78, 5) is 0. The summed E-state index contributed by atoms with van der Waals surface area (Å²) in [5, 5.41) is 0.896. The predicted molar refractivity (Wildman–Crippen MR) is 216 cm³/mol. The van der Waals surface area contributed by atoms with Crippen molar-refractivity contribution in [3.8, 4) is 16.9 Å². The molecule has 0 heterocycles. The van der Waals surface area contributed by atoms with E-state index in [9.17, 15) is 0 Å². The molecule has 2 aromatic rings. The van der Waals surface area contributed by atoms with Crippen molar-refractivity contribution in [1.82, 2.24) is 0 Å². The fourth-order valence-corrected chi connectivity index (χ4v) is 11.0. The molecule has 0 saturated heterocycles. The second-order valence-corrected chi connectivity index (χ2v) is 18.2. The molecule has 51 heavy (non-hydrogen) atoms. The van der Waals surface area contributed by atoms with Gasteiger partial charge in [0.15, 0.2) is 0 Å². The van der Waals surface area contributed by atoms with Gasteiger partial charge in [0.25, 0.3) is 0 Å². The molecule has 9 heteroatoms. The molecule has 2 aromatic carbocycles. The van der Waals surface area contributed by atoms with Crippen LogP contribution in [0.4, 0.5) is 0 Å². The molecule has 0 bridgehead atoms. The van der Waals surface area contributed by atoms with Crippen molar-refractivity contribution in [2.75, 3.05) is 6.61 Å². The van der Waals surface area contributed by atoms with Crippen LogP contribution in [0.1, 0.15) is 153 Å². The Morgan fingerprint density at radius 3 is 1.45 bits per heavy atom. The summed E-state index contributed by atoms with van der Waals surface area (Å²) in [6, 6.07) is 13.2. The molecule has 1 atom stereocenters. The van der Waals surface area contributed by atoms with Crippen LogP contribution in [0.15, 0.2) is 42.5 Å². The normalized spacial score (nSPS) is 13.3. The van der Waals surface area contributed by atoms with Crippen LogP contribution in [0.5, 0.6) is 5.75 Å². The van der Waals surface area contributed by atoms with E-state index in [-0.39, 0.29) is 24.4 Å². The zero-order valence-corrected chi connectivity index (χ0v) is 35.7. The standard InChI is InChI=1S/C42H72O7P2/c1-12-35(13-2)46-50(43,47-36(14-3)15-4)41-26-21-20-25-39(41)34-27-28-40(45-30-29-33(11)24-22-23-32(9)10)42(31-34)51(44,48-37(16-5)17-6)49-38(18-7)19-8/h20-21,25-28,31-33,35-38H,12-19,22-24,29-30H2,1-11H3. The molecular formula is C42H72O7P2. The van der Waals surface area contributed by atoms with Crippen molar-refractivity contribution < 1.29 is 32.0 Å². The summed E-state index contributed by atoms with van der Waals surface area (Å²) in [5.41, 5.74) is 1.42. The molecule has 0 saturated carbocycles. The summed E-state index contributed by atoms with van der Waals surface area (Å²) < 4.78 is 62.6. The molecule has 1 unspecified atom stereocenters. The molecule has 0 N–H and O–H groups in total. The van der Waals surface area contributed by atoms with Crippen LogP contribution in [0.25, 0.3) is 11.1 Å². The maximum absolute atomic E-state index is 15.3. The number of rotatable bonds is 27. The van der Waals surface area contributed by atoms with E-state index in [1.54, 1.807) is 0 Å². The van der Waals surface area contributed by atoms with E-state index in [1.807, 2.05) is 97.9 Å². The van der Waals surface area contributed by atoms with E-state index >= 15 is 9.13 Å².